The van der Waals surface area contributed by atoms with E-state index in [1.54, 1.807) is 13.0 Å². The summed E-state index contributed by atoms with van der Waals surface area (Å²) in [6.07, 6.45) is -0.250. The van der Waals surface area contributed by atoms with Gasteiger partial charge in [0, 0.05) is 13.1 Å². The lowest BCUT2D eigenvalue weighted by atomic mass is 10.1. The molecule has 1 aliphatic heterocycles. The molecule has 0 saturated carbocycles. The predicted molar refractivity (Wildman–Crippen MR) is 51.7 cm³/mol. The Labute approximate surface area is 86.9 Å². The quantitative estimate of drug-likeness (QED) is 0.759. The van der Waals surface area contributed by atoms with Gasteiger partial charge in [0.2, 0.25) is 0 Å². The van der Waals surface area contributed by atoms with Crippen LogP contribution in [0.15, 0.2) is 10.5 Å². The number of carboxylic acids is 1. The third-order valence-electron chi connectivity index (χ3n) is 2.52. The highest BCUT2D eigenvalue weighted by Crippen LogP contribution is 2.18. The molecule has 1 aliphatic rings. The fourth-order valence-electron chi connectivity index (χ4n) is 1.73. The minimum absolute atomic E-state index is 0.214. The second kappa shape index (κ2) is 3.67. The molecule has 0 amide bonds. The molecule has 2 N–H and O–H groups in total. The van der Waals surface area contributed by atoms with Crippen LogP contribution in [0.5, 0.6) is 0 Å². The summed E-state index contributed by atoms with van der Waals surface area (Å²) < 4.78 is 5.31. The van der Waals surface area contributed by atoms with Gasteiger partial charge in [-0.25, -0.2) is 4.79 Å². The summed E-state index contributed by atoms with van der Waals surface area (Å²) in [7, 11) is 0. The summed E-state index contributed by atoms with van der Waals surface area (Å²) in [5.74, 6) is 0.0986. The van der Waals surface area contributed by atoms with Crippen LogP contribution in [0.2, 0.25) is 0 Å². The highest BCUT2D eigenvalue weighted by molar-refractivity contribution is 5.88. The van der Waals surface area contributed by atoms with E-state index < -0.39 is 5.97 Å². The average molecular weight is 211 g/mol. The van der Waals surface area contributed by atoms with E-state index in [2.05, 4.69) is 0 Å². The Kier molecular flexibility index (Phi) is 2.50. The van der Waals surface area contributed by atoms with Gasteiger partial charge in [-0.15, -0.1) is 0 Å². The number of aliphatic hydroxyl groups excluding tert-OH is 1. The van der Waals surface area contributed by atoms with E-state index >= 15 is 0 Å². The van der Waals surface area contributed by atoms with Gasteiger partial charge in [-0.1, -0.05) is 0 Å². The van der Waals surface area contributed by atoms with Crippen LogP contribution < -0.4 is 0 Å². The zero-order valence-corrected chi connectivity index (χ0v) is 8.43. The SMILES string of the molecule is Cc1oc(CN2CC(O)C2)cc1C(=O)O. The Bertz CT molecular complexity index is 379. The Morgan fingerprint density at radius 2 is 2.33 bits per heavy atom. The molecule has 5 nitrogen and oxygen atoms in total. The van der Waals surface area contributed by atoms with E-state index in [1.165, 1.54) is 0 Å². The Hall–Kier alpha value is -1.33. The van der Waals surface area contributed by atoms with Crippen molar-refractivity contribution in [3.8, 4) is 0 Å². The first-order valence-electron chi connectivity index (χ1n) is 4.79. The van der Waals surface area contributed by atoms with Gasteiger partial charge in [0.15, 0.2) is 0 Å². The van der Waals surface area contributed by atoms with Crippen LogP contribution in [0.3, 0.4) is 0 Å². The molecule has 0 aliphatic carbocycles. The molecule has 1 fully saturated rings. The molecule has 0 radical (unpaired) electrons. The van der Waals surface area contributed by atoms with E-state index in [0.717, 1.165) is 0 Å². The van der Waals surface area contributed by atoms with Crippen molar-refractivity contribution in [2.75, 3.05) is 13.1 Å². The predicted octanol–water partition coefficient (Wildman–Crippen LogP) is 0.463. The lowest BCUT2D eigenvalue weighted by Gasteiger charge is -2.34. The van der Waals surface area contributed by atoms with Crippen LogP contribution in [0.25, 0.3) is 0 Å². The number of hydrogen-bond acceptors (Lipinski definition) is 4. The standard InChI is InChI=1S/C10H13NO4/c1-6-9(10(13)14)2-8(15-6)5-11-3-7(12)4-11/h2,7,12H,3-5H2,1H3,(H,13,14). The molecule has 1 aromatic heterocycles. The van der Waals surface area contributed by atoms with Gasteiger partial charge >= 0.3 is 5.97 Å². The van der Waals surface area contributed by atoms with E-state index in [9.17, 15) is 4.79 Å². The molecule has 0 atom stereocenters. The monoisotopic (exact) mass is 211 g/mol. The summed E-state index contributed by atoms with van der Waals surface area (Å²) in [5, 5.41) is 17.9. The molecular formula is C10H13NO4. The van der Waals surface area contributed by atoms with Gasteiger partial charge in [-0.2, -0.15) is 0 Å². The molecular weight excluding hydrogens is 198 g/mol. The normalized spacial score (nSPS) is 17.7. The Balaban J connectivity index is 2.03. The summed E-state index contributed by atoms with van der Waals surface area (Å²) in [4.78, 5) is 12.7. The fraction of sp³-hybridized carbons (Fsp3) is 0.500. The number of carbonyl (C=O) groups is 1. The van der Waals surface area contributed by atoms with Crippen molar-refractivity contribution in [2.45, 2.75) is 19.6 Å². The number of rotatable bonds is 3. The largest absolute Gasteiger partial charge is 0.478 e. The Morgan fingerprint density at radius 1 is 1.67 bits per heavy atom. The van der Waals surface area contributed by atoms with E-state index in [1.807, 2.05) is 4.90 Å². The maximum Gasteiger partial charge on any atom is 0.339 e. The maximum absolute atomic E-state index is 10.7. The van der Waals surface area contributed by atoms with Gasteiger partial charge in [-0.05, 0) is 13.0 Å². The van der Waals surface area contributed by atoms with Crippen LogP contribution in [-0.4, -0.2) is 40.3 Å². The number of furan rings is 1. The van der Waals surface area contributed by atoms with Crippen LogP contribution in [0, 0.1) is 6.92 Å². The zero-order chi connectivity index (χ0) is 11.0. The first kappa shape index (κ1) is 10.2. The second-order valence-corrected chi connectivity index (χ2v) is 3.84. The minimum Gasteiger partial charge on any atom is -0.478 e. The maximum atomic E-state index is 10.7. The number of aromatic carboxylic acids is 1. The summed E-state index contributed by atoms with van der Waals surface area (Å²) in [6, 6.07) is 1.54. The number of aryl methyl sites for hydroxylation is 1. The lowest BCUT2D eigenvalue weighted by molar-refractivity contribution is -0.00637. The van der Waals surface area contributed by atoms with Crippen molar-refractivity contribution >= 4 is 5.97 Å². The zero-order valence-electron chi connectivity index (χ0n) is 8.43. The van der Waals surface area contributed by atoms with Crippen molar-refractivity contribution in [2.24, 2.45) is 0 Å². The first-order valence-corrected chi connectivity index (χ1v) is 4.79. The van der Waals surface area contributed by atoms with Gasteiger partial charge in [0.05, 0.1) is 12.6 Å². The van der Waals surface area contributed by atoms with Crippen LogP contribution >= 0.6 is 0 Å². The van der Waals surface area contributed by atoms with Crippen molar-refractivity contribution in [3.63, 3.8) is 0 Å². The third kappa shape index (κ3) is 2.03. The minimum atomic E-state index is -0.967. The van der Waals surface area contributed by atoms with Crippen LogP contribution in [-0.2, 0) is 6.54 Å². The number of carboxylic acid groups (broad SMARTS) is 1. The van der Waals surface area contributed by atoms with E-state index in [4.69, 9.17) is 14.6 Å². The van der Waals surface area contributed by atoms with E-state index in [0.29, 0.717) is 31.2 Å². The van der Waals surface area contributed by atoms with Crippen molar-refractivity contribution in [1.29, 1.82) is 0 Å². The van der Waals surface area contributed by atoms with Gasteiger partial charge in [0.1, 0.15) is 17.1 Å². The topological polar surface area (TPSA) is 73.9 Å². The molecule has 1 aromatic rings. The molecule has 0 spiro atoms. The summed E-state index contributed by atoms with van der Waals surface area (Å²) in [6.45, 7) is 3.45. The van der Waals surface area contributed by atoms with Crippen molar-refractivity contribution in [1.82, 2.24) is 4.90 Å². The molecule has 2 heterocycles. The molecule has 0 bridgehead atoms. The molecule has 15 heavy (non-hydrogen) atoms. The number of aliphatic hydroxyl groups is 1. The number of hydrogen-bond donors (Lipinski definition) is 2. The molecule has 2 rings (SSSR count). The lowest BCUT2D eigenvalue weighted by Crippen LogP contribution is -2.49. The van der Waals surface area contributed by atoms with Crippen molar-refractivity contribution in [3.05, 3.63) is 23.2 Å². The smallest absolute Gasteiger partial charge is 0.339 e. The number of likely N-dealkylation sites (tertiary alicyclic amines) is 1. The highest BCUT2D eigenvalue weighted by Gasteiger charge is 2.25. The summed E-state index contributed by atoms with van der Waals surface area (Å²) >= 11 is 0. The average Bonchev–Trinajstić information content (AvgIpc) is 2.44. The molecule has 0 unspecified atom stereocenters. The molecule has 0 aromatic carbocycles. The van der Waals surface area contributed by atoms with Gasteiger partial charge < -0.3 is 14.6 Å². The number of β-amino-alcohol motifs (C(OH)–C–C–N with tert-alkyl or cyclic N) is 1. The molecule has 82 valence electrons. The second-order valence-electron chi connectivity index (χ2n) is 3.84. The molecule has 5 heteroatoms. The van der Waals surface area contributed by atoms with Crippen molar-refractivity contribution < 1.29 is 19.4 Å². The van der Waals surface area contributed by atoms with Gasteiger partial charge in [-0.3, -0.25) is 4.90 Å². The Morgan fingerprint density at radius 3 is 2.80 bits per heavy atom. The van der Waals surface area contributed by atoms with E-state index in [-0.39, 0.29) is 11.7 Å². The number of nitrogens with zero attached hydrogens (tertiary/aromatic N) is 1. The van der Waals surface area contributed by atoms with Gasteiger partial charge in [0.25, 0.3) is 0 Å². The highest BCUT2D eigenvalue weighted by atomic mass is 16.4. The fourth-order valence-corrected chi connectivity index (χ4v) is 1.73. The molecule has 1 saturated heterocycles. The third-order valence-corrected chi connectivity index (χ3v) is 2.52. The summed E-state index contributed by atoms with van der Waals surface area (Å²) in [5.41, 5.74) is 0.214. The van der Waals surface area contributed by atoms with Crippen LogP contribution in [0.1, 0.15) is 21.9 Å². The first-order chi connectivity index (χ1) is 7.06. The van der Waals surface area contributed by atoms with Crippen LogP contribution in [0.4, 0.5) is 0 Å².